The van der Waals surface area contributed by atoms with Crippen molar-refractivity contribution >= 4 is 5.91 Å². The van der Waals surface area contributed by atoms with Gasteiger partial charge < -0.3 is 11.1 Å². The maximum atomic E-state index is 13.3. The second kappa shape index (κ2) is 4.03. The molecule has 92 valence electrons. The highest BCUT2D eigenvalue weighted by Crippen LogP contribution is 2.34. The summed E-state index contributed by atoms with van der Waals surface area (Å²) in [5, 5.41) is 2.53. The van der Waals surface area contributed by atoms with E-state index in [0.717, 1.165) is 12.1 Å². The summed E-state index contributed by atoms with van der Waals surface area (Å²) in [5.74, 6) is -5.21. The molecule has 17 heavy (non-hydrogen) atoms. The van der Waals surface area contributed by atoms with Gasteiger partial charge in [0.1, 0.15) is 0 Å². The van der Waals surface area contributed by atoms with E-state index in [-0.39, 0.29) is 6.54 Å². The second-order valence-electron chi connectivity index (χ2n) is 4.16. The van der Waals surface area contributed by atoms with E-state index in [2.05, 4.69) is 5.32 Å². The lowest BCUT2D eigenvalue weighted by molar-refractivity contribution is 0.0927. The number of carbonyl (C=O) groups excluding carboxylic acids is 1. The van der Waals surface area contributed by atoms with Crippen molar-refractivity contribution in [3.63, 3.8) is 0 Å². The summed E-state index contributed by atoms with van der Waals surface area (Å²) in [5.41, 5.74) is 4.43. The van der Waals surface area contributed by atoms with Crippen molar-refractivity contribution in [2.24, 2.45) is 5.73 Å². The average molecular weight is 244 g/mol. The first-order chi connectivity index (χ1) is 7.99. The third-order valence-corrected chi connectivity index (χ3v) is 2.90. The van der Waals surface area contributed by atoms with Gasteiger partial charge in [-0.1, -0.05) is 0 Å². The van der Waals surface area contributed by atoms with Crippen LogP contribution in [0.4, 0.5) is 13.2 Å². The van der Waals surface area contributed by atoms with Crippen LogP contribution in [-0.4, -0.2) is 18.0 Å². The SMILES string of the molecule is NCC1(NC(=O)c2ccc(F)c(F)c2F)CC1. The van der Waals surface area contributed by atoms with Crippen molar-refractivity contribution in [1.29, 1.82) is 0 Å². The molecule has 1 aliphatic carbocycles. The maximum Gasteiger partial charge on any atom is 0.254 e. The molecule has 0 saturated heterocycles. The summed E-state index contributed by atoms with van der Waals surface area (Å²) in [7, 11) is 0. The lowest BCUT2D eigenvalue weighted by atomic mass is 10.1. The van der Waals surface area contributed by atoms with Crippen LogP contribution < -0.4 is 11.1 Å². The van der Waals surface area contributed by atoms with Gasteiger partial charge in [-0.15, -0.1) is 0 Å². The van der Waals surface area contributed by atoms with Crippen molar-refractivity contribution in [1.82, 2.24) is 5.32 Å². The van der Waals surface area contributed by atoms with Crippen LogP contribution in [0.5, 0.6) is 0 Å². The van der Waals surface area contributed by atoms with Crippen LogP contribution in [0.1, 0.15) is 23.2 Å². The molecule has 6 heteroatoms. The Morgan fingerprint density at radius 2 is 1.94 bits per heavy atom. The fourth-order valence-electron chi connectivity index (χ4n) is 1.54. The molecular formula is C11H11F3N2O. The van der Waals surface area contributed by atoms with Crippen molar-refractivity contribution in [2.45, 2.75) is 18.4 Å². The number of nitrogens with two attached hydrogens (primary N) is 1. The molecule has 1 aromatic rings. The van der Waals surface area contributed by atoms with E-state index >= 15 is 0 Å². The Hall–Kier alpha value is -1.56. The van der Waals surface area contributed by atoms with E-state index in [0.29, 0.717) is 12.8 Å². The third kappa shape index (κ3) is 2.12. The monoisotopic (exact) mass is 244 g/mol. The predicted molar refractivity (Wildman–Crippen MR) is 54.8 cm³/mol. The zero-order valence-corrected chi connectivity index (χ0v) is 8.90. The molecule has 1 amide bonds. The van der Waals surface area contributed by atoms with E-state index in [1.165, 1.54) is 0 Å². The molecule has 1 saturated carbocycles. The molecule has 0 aliphatic heterocycles. The van der Waals surface area contributed by atoms with Crippen LogP contribution >= 0.6 is 0 Å². The molecule has 0 spiro atoms. The minimum absolute atomic E-state index is 0.240. The third-order valence-electron chi connectivity index (χ3n) is 2.90. The van der Waals surface area contributed by atoms with Crippen molar-refractivity contribution in [3.8, 4) is 0 Å². The van der Waals surface area contributed by atoms with Crippen LogP contribution in [0.2, 0.25) is 0 Å². The molecule has 0 heterocycles. The van der Waals surface area contributed by atoms with Gasteiger partial charge in [0.05, 0.1) is 11.1 Å². The molecule has 0 unspecified atom stereocenters. The minimum atomic E-state index is -1.64. The fourth-order valence-corrected chi connectivity index (χ4v) is 1.54. The molecule has 0 aromatic heterocycles. The standard InChI is InChI=1S/C11H11F3N2O/c12-7-2-1-6(8(13)9(7)14)10(17)16-11(5-15)3-4-11/h1-2H,3-5,15H2,(H,16,17). The molecule has 0 atom stereocenters. The zero-order chi connectivity index (χ0) is 12.6. The molecule has 2 rings (SSSR count). The summed E-state index contributed by atoms with van der Waals surface area (Å²) >= 11 is 0. The van der Waals surface area contributed by atoms with E-state index in [4.69, 9.17) is 5.73 Å². The normalized spacial score (nSPS) is 16.7. The summed E-state index contributed by atoms with van der Waals surface area (Å²) in [6.45, 7) is 0.240. The average Bonchev–Trinajstić information content (AvgIpc) is 3.06. The fraction of sp³-hybridized carbons (Fsp3) is 0.364. The maximum absolute atomic E-state index is 13.3. The Morgan fingerprint density at radius 3 is 2.47 bits per heavy atom. The number of halogens is 3. The van der Waals surface area contributed by atoms with Crippen LogP contribution in [0, 0.1) is 17.5 Å². The van der Waals surface area contributed by atoms with E-state index in [1.807, 2.05) is 0 Å². The summed E-state index contributed by atoms with van der Waals surface area (Å²) in [4.78, 5) is 11.6. The first kappa shape index (κ1) is 11.9. The number of carbonyl (C=O) groups is 1. The van der Waals surface area contributed by atoms with Gasteiger partial charge in [-0.3, -0.25) is 4.79 Å². The highest BCUT2D eigenvalue weighted by Gasteiger charge is 2.43. The minimum Gasteiger partial charge on any atom is -0.345 e. The van der Waals surface area contributed by atoms with Gasteiger partial charge in [0.25, 0.3) is 5.91 Å². The largest absolute Gasteiger partial charge is 0.345 e. The van der Waals surface area contributed by atoms with E-state index in [9.17, 15) is 18.0 Å². The molecule has 0 radical (unpaired) electrons. The molecule has 1 fully saturated rings. The van der Waals surface area contributed by atoms with Gasteiger partial charge >= 0.3 is 0 Å². The van der Waals surface area contributed by atoms with E-state index < -0.39 is 34.5 Å². The van der Waals surface area contributed by atoms with Gasteiger partial charge in [0, 0.05) is 6.54 Å². The number of hydrogen-bond donors (Lipinski definition) is 2. The highest BCUT2D eigenvalue weighted by molar-refractivity contribution is 5.95. The summed E-state index contributed by atoms with van der Waals surface area (Å²) in [6.07, 6.45) is 1.42. The summed E-state index contributed by atoms with van der Waals surface area (Å²) < 4.78 is 38.9. The Morgan fingerprint density at radius 1 is 1.29 bits per heavy atom. The van der Waals surface area contributed by atoms with Crippen molar-refractivity contribution in [3.05, 3.63) is 35.1 Å². The van der Waals surface area contributed by atoms with Gasteiger partial charge in [-0.25, -0.2) is 13.2 Å². The Labute approximate surface area is 95.8 Å². The number of amides is 1. The van der Waals surface area contributed by atoms with Crippen LogP contribution in [0.15, 0.2) is 12.1 Å². The quantitative estimate of drug-likeness (QED) is 0.788. The molecular weight excluding hydrogens is 233 g/mol. The molecule has 3 N–H and O–H groups in total. The first-order valence-corrected chi connectivity index (χ1v) is 5.15. The van der Waals surface area contributed by atoms with Crippen molar-refractivity contribution < 1.29 is 18.0 Å². The number of hydrogen-bond acceptors (Lipinski definition) is 2. The van der Waals surface area contributed by atoms with Crippen molar-refractivity contribution in [2.75, 3.05) is 6.54 Å². The smallest absolute Gasteiger partial charge is 0.254 e. The van der Waals surface area contributed by atoms with Gasteiger partial charge in [-0.05, 0) is 25.0 Å². The predicted octanol–water partition coefficient (Wildman–Crippen LogP) is 1.33. The lowest BCUT2D eigenvalue weighted by Gasteiger charge is -2.15. The number of nitrogens with one attached hydrogen (secondary N) is 1. The van der Waals surface area contributed by atoms with E-state index in [1.54, 1.807) is 0 Å². The highest BCUT2D eigenvalue weighted by atomic mass is 19.2. The zero-order valence-electron chi connectivity index (χ0n) is 8.90. The first-order valence-electron chi connectivity index (χ1n) is 5.15. The Kier molecular flexibility index (Phi) is 2.82. The molecule has 1 aliphatic rings. The number of rotatable bonds is 3. The topological polar surface area (TPSA) is 55.1 Å². The Bertz CT molecular complexity index is 472. The van der Waals surface area contributed by atoms with Crippen LogP contribution in [0.25, 0.3) is 0 Å². The lowest BCUT2D eigenvalue weighted by Crippen LogP contribution is -2.42. The molecule has 3 nitrogen and oxygen atoms in total. The number of benzene rings is 1. The van der Waals surface area contributed by atoms with Gasteiger partial charge in [-0.2, -0.15) is 0 Å². The molecule has 1 aromatic carbocycles. The second-order valence-corrected chi connectivity index (χ2v) is 4.16. The molecule has 0 bridgehead atoms. The van der Waals surface area contributed by atoms with Crippen LogP contribution in [-0.2, 0) is 0 Å². The van der Waals surface area contributed by atoms with Crippen LogP contribution in [0.3, 0.4) is 0 Å². The van der Waals surface area contributed by atoms with Gasteiger partial charge in [0.2, 0.25) is 0 Å². The summed E-state index contributed by atoms with van der Waals surface area (Å²) in [6, 6.07) is 1.63. The van der Waals surface area contributed by atoms with Gasteiger partial charge in [0.15, 0.2) is 17.5 Å². The Balaban J connectivity index is 2.23.